The quantitative estimate of drug-likeness (QED) is 0.659. The Morgan fingerprint density at radius 3 is 2.57 bits per heavy atom. The van der Waals surface area contributed by atoms with Crippen molar-refractivity contribution in [1.29, 1.82) is 0 Å². The molecule has 3 aromatic rings. The second-order valence-corrected chi connectivity index (χ2v) is 8.64. The molecule has 0 saturated heterocycles. The van der Waals surface area contributed by atoms with Crippen LogP contribution in [-0.4, -0.2) is 30.1 Å². The van der Waals surface area contributed by atoms with E-state index in [0.717, 1.165) is 23.4 Å². The average Bonchev–Trinajstić information content (AvgIpc) is 3.00. The van der Waals surface area contributed by atoms with E-state index in [9.17, 15) is 17.6 Å². The minimum atomic E-state index is -3.65. The van der Waals surface area contributed by atoms with Crippen molar-refractivity contribution >= 4 is 38.3 Å². The molecule has 2 N–H and O–H groups in total. The maximum Gasteiger partial charge on any atom is 0.247 e. The highest BCUT2D eigenvalue weighted by atomic mass is 32.2. The maximum atomic E-state index is 13.9. The van der Waals surface area contributed by atoms with Gasteiger partial charge in [0.2, 0.25) is 15.9 Å². The van der Waals surface area contributed by atoms with Gasteiger partial charge in [0.15, 0.2) is 0 Å². The standard InChI is InChI=1S/C19H21FN4O3S/c1-12(2)18(24-11-21-15-6-4-5-7-17(15)24)19(25)22-13-8-9-14(20)16(10-13)23-28(3,26)27/h4-12,18,23H,1-3H3,(H,22,25)/t18-/m1/s1. The Morgan fingerprint density at radius 1 is 1.18 bits per heavy atom. The van der Waals surface area contributed by atoms with E-state index in [1.807, 2.05) is 38.1 Å². The summed E-state index contributed by atoms with van der Waals surface area (Å²) < 4.78 is 40.5. The molecule has 0 fully saturated rings. The van der Waals surface area contributed by atoms with Crippen LogP contribution >= 0.6 is 0 Å². The van der Waals surface area contributed by atoms with Crippen molar-refractivity contribution in [2.24, 2.45) is 5.92 Å². The Hall–Kier alpha value is -2.94. The number of rotatable bonds is 6. The number of hydrogen-bond donors (Lipinski definition) is 2. The zero-order valence-corrected chi connectivity index (χ0v) is 16.5. The van der Waals surface area contributed by atoms with Crippen molar-refractivity contribution < 1.29 is 17.6 Å². The smallest absolute Gasteiger partial charge is 0.247 e. The number of anilines is 2. The molecule has 0 aliphatic rings. The third kappa shape index (κ3) is 4.30. The Bertz CT molecular complexity index is 1130. The van der Waals surface area contributed by atoms with Crippen LogP contribution in [0.2, 0.25) is 0 Å². The van der Waals surface area contributed by atoms with Crippen LogP contribution in [-0.2, 0) is 14.8 Å². The van der Waals surface area contributed by atoms with E-state index in [1.165, 1.54) is 12.1 Å². The Balaban J connectivity index is 1.91. The van der Waals surface area contributed by atoms with Crippen LogP contribution in [0.5, 0.6) is 0 Å². The lowest BCUT2D eigenvalue weighted by Gasteiger charge is -2.22. The van der Waals surface area contributed by atoms with Crippen LogP contribution in [0.4, 0.5) is 15.8 Å². The summed E-state index contributed by atoms with van der Waals surface area (Å²) in [5.74, 6) is -1.09. The number of para-hydroxylation sites is 2. The summed E-state index contributed by atoms with van der Waals surface area (Å²) in [6.07, 6.45) is 2.55. The molecule has 0 bridgehead atoms. The van der Waals surface area contributed by atoms with Crippen LogP contribution in [0.1, 0.15) is 19.9 Å². The number of nitrogens with one attached hydrogen (secondary N) is 2. The molecule has 9 heteroatoms. The van der Waals surface area contributed by atoms with E-state index < -0.39 is 21.9 Å². The van der Waals surface area contributed by atoms with E-state index in [-0.39, 0.29) is 23.2 Å². The molecule has 28 heavy (non-hydrogen) atoms. The minimum Gasteiger partial charge on any atom is -0.324 e. The van der Waals surface area contributed by atoms with Gasteiger partial charge >= 0.3 is 0 Å². The number of aromatic nitrogens is 2. The first-order chi connectivity index (χ1) is 13.2. The van der Waals surface area contributed by atoms with Gasteiger partial charge in [0.25, 0.3) is 0 Å². The number of carbonyl (C=O) groups is 1. The monoisotopic (exact) mass is 404 g/mol. The molecule has 0 unspecified atom stereocenters. The van der Waals surface area contributed by atoms with Gasteiger partial charge in [0.05, 0.1) is 29.3 Å². The van der Waals surface area contributed by atoms with Gasteiger partial charge in [0.1, 0.15) is 11.9 Å². The van der Waals surface area contributed by atoms with Gasteiger partial charge in [-0.3, -0.25) is 9.52 Å². The fraction of sp³-hybridized carbons (Fsp3) is 0.263. The molecule has 2 aromatic carbocycles. The number of halogens is 1. The van der Waals surface area contributed by atoms with E-state index in [2.05, 4.69) is 15.0 Å². The molecule has 148 valence electrons. The molecule has 0 aliphatic heterocycles. The van der Waals surface area contributed by atoms with Gasteiger partial charge in [-0.15, -0.1) is 0 Å². The highest BCUT2D eigenvalue weighted by molar-refractivity contribution is 7.92. The number of fused-ring (bicyclic) bond motifs is 1. The van der Waals surface area contributed by atoms with E-state index in [0.29, 0.717) is 0 Å². The van der Waals surface area contributed by atoms with Crippen molar-refractivity contribution in [3.05, 3.63) is 54.6 Å². The predicted octanol–water partition coefficient (Wildman–Crippen LogP) is 3.38. The lowest BCUT2D eigenvalue weighted by atomic mass is 10.0. The van der Waals surface area contributed by atoms with Gasteiger partial charge in [-0.25, -0.2) is 17.8 Å². The Labute approximate surface area is 162 Å². The summed E-state index contributed by atoms with van der Waals surface area (Å²) in [5.41, 5.74) is 1.67. The number of hydrogen-bond acceptors (Lipinski definition) is 4. The summed E-state index contributed by atoms with van der Waals surface area (Å²) >= 11 is 0. The van der Waals surface area contributed by atoms with Gasteiger partial charge in [-0.1, -0.05) is 26.0 Å². The minimum absolute atomic E-state index is 0.0494. The fourth-order valence-electron chi connectivity index (χ4n) is 3.05. The molecule has 1 atom stereocenters. The molecule has 0 radical (unpaired) electrons. The first-order valence-electron chi connectivity index (χ1n) is 8.65. The van der Waals surface area contributed by atoms with Crippen LogP contribution < -0.4 is 10.0 Å². The van der Waals surface area contributed by atoms with Crippen molar-refractivity contribution in [2.75, 3.05) is 16.3 Å². The Morgan fingerprint density at radius 2 is 1.89 bits per heavy atom. The largest absolute Gasteiger partial charge is 0.324 e. The normalized spacial score (nSPS) is 12.9. The number of imidazole rings is 1. The summed E-state index contributed by atoms with van der Waals surface area (Å²) in [4.78, 5) is 17.3. The molecule has 1 amide bonds. The van der Waals surface area contributed by atoms with Crippen LogP contribution in [0.25, 0.3) is 11.0 Å². The SMILES string of the molecule is CC(C)[C@H](C(=O)Nc1ccc(F)c(NS(C)(=O)=O)c1)n1cnc2ccccc21. The van der Waals surface area contributed by atoms with Crippen molar-refractivity contribution in [3.8, 4) is 0 Å². The fourth-order valence-corrected chi connectivity index (χ4v) is 3.60. The lowest BCUT2D eigenvalue weighted by Crippen LogP contribution is -2.29. The van der Waals surface area contributed by atoms with Crippen molar-refractivity contribution in [3.63, 3.8) is 0 Å². The van der Waals surface area contributed by atoms with Crippen LogP contribution in [0.15, 0.2) is 48.8 Å². The Kier molecular flexibility index (Phi) is 5.37. The number of amides is 1. The van der Waals surface area contributed by atoms with Crippen molar-refractivity contribution in [2.45, 2.75) is 19.9 Å². The lowest BCUT2D eigenvalue weighted by molar-refractivity contribution is -0.120. The van der Waals surface area contributed by atoms with Crippen molar-refractivity contribution in [1.82, 2.24) is 9.55 Å². The molecule has 0 saturated carbocycles. The molecule has 3 rings (SSSR count). The third-order valence-corrected chi connectivity index (χ3v) is 4.80. The number of sulfonamides is 1. The summed E-state index contributed by atoms with van der Waals surface area (Å²) in [7, 11) is -3.65. The van der Waals surface area contributed by atoms with Gasteiger partial charge < -0.3 is 9.88 Å². The third-order valence-electron chi connectivity index (χ3n) is 4.21. The predicted molar refractivity (Wildman–Crippen MR) is 107 cm³/mol. The molecule has 1 aromatic heterocycles. The van der Waals surface area contributed by atoms with Crippen LogP contribution in [0.3, 0.4) is 0 Å². The average molecular weight is 404 g/mol. The van der Waals surface area contributed by atoms with E-state index >= 15 is 0 Å². The first-order valence-corrected chi connectivity index (χ1v) is 10.5. The summed E-state index contributed by atoms with van der Waals surface area (Å²) in [6, 6.07) is 10.7. The summed E-state index contributed by atoms with van der Waals surface area (Å²) in [5, 5.41) is 2.74. The highest BCUT2D eigenvalue weighted by Crippen LogP contribution is 2.26. The second-order valence-electron chi connectivity index (χ2n) is 6.89. The van der Waals surface area contributed by atoms with Gasteiger partial charge in [-0.2, -0.15) is 0 Å². The molecule has 1 heterocycles. The molecule has 0 aliphatic carbocycles. The summed E-state index contributed by atoms with van der Waals surface area (Å²) in [6.45, 7) is 3.83. The molecule has 0 spiro atoms. The molecular weight excluding hydrogens is 383 g/mol. The van der Waals surface area contributed by atoms with Gasteiger partial charge in [-0.05, 0) is 36.2 Å². The van der Waals surface area contributed by atoms with E-state index in [4.69, 9.17) is 0 Å². The van der Waals surface area contributed by atoms with E-state index in [1.54, 1.807) is 10.9 Å². The topological polar surface area (TPSA) is 93.1 Å². The number of benzene rings is 2. The van der Waals surface area contributed by atoms with Gasteiger partial charge in [0, 0.05) is 5.69 Å². The molecule has 7 nitrogen and oxygen atoms in total. The highest BCUT2D eigenvalue weighted by Gasteiger charge is 2.26. The number of carbonyl (C=O) groups excluding carboxylic acids is 1. The molecular formula is C19H21FN4O3S. The number of nitrogens with zero attached hydrogens (tertiary/aromatic N) is 2. The zero-order valence-electron chi connectivity index (χ0n) is 15.7. The zero-order chi connectivity index (χ0) is 20.5. The van der Waals surface area contributed by atoms with Crippen LogP contribution in [0, 0.1) is 11.7 Å². The second kappa shape index (κ2) is 7.59. The first kappa shape index (κ1) is 19.8. The maximum absolute atomic E-state index is 13.9.